The summed E-state index contributed by atoms with van der Waals surface area (Å²) in [5.74, 6) is -0.00908. The van der Waals surface area contributed by atoms with Crippen molar-refractivity contribution in [2.45, 2.75) is 52.4 Å². The molecule has 1 heterocycles. The molecule has 0 aromatic carbocycles. The maximum absolute atomic E-state index is 12.1. The first-order valence-electron chi connectivity index (χ1n) is 6.77. The number of unbranched alkanes of at least 4 members (excludes halogenated alkanes) is 4. The average molecular weight is 249 g/mol. The van der Waals surface area contributed by atoms with Gasteiger partial charge in [-0.15, -0.1) is 0 Å². The molecule has 1 aromatic rings. The monoisotopic (exact) mass is 249 g/mol. The maximum Gasteiger partial charge on any atom is 0.261 e. The van der Waals surface area contributed by atoms with Gasteiger partial charge in [-0.25, -0.2) is 0 Å². The van der Waals surface area contributed by atoms with Crippen LogP contribution in [0.4, 0.5) is 0 Å². The number of aryl methyl sites for hydroxylation is 2. The van der Waals surface area contributed by atoms with Crippen molar-refractivity contribution >= 4 is 5.78 Å². The van der Waals surface area contributed by atoms with Crippen molar-refractivity contribution in [1.29, 1.82) is 0 Å². The predicted molar refractivity (Wildman–Crippen MR) is 74.1 cm³/mol. The number of carbonyl (C=O) groups is 1. The molecule has 18 heavy (non-hydrogen) atoms. The molecule has 0 N–H and O–H groups in total. The SMILES string of the molecule is CCCCCCCC(=O)c1c(C)ccn(C)c1=O. The van der Waals surface area contributed by atoms with Gasteiger partial charge < -0.3 is 4.57 Å². The number of ketones is 1. The van der Waals surface area contributed by atoms with Gasteiger partial charge in [0.05, 0.1) is 5.56 Å². The van der Waals surface area contributed by atoms with Crippen LogP contribution in [-0.4, -0.2) is 10.4 Å². The molecular weight excluding hydrogens is 226 g/mol. The van der Waals surface area contributed by atoms with E-state index in [9.17, 15) is 9.59 Å². The van der Waals surface area contributed by atoms with Crippen LogP contribution in [0.2, 0.25) is 0 Å². The van der Waals surface area contributed by atoms with E-state index in [0.29, 0.717) is 12.0 Å². The Morgan fingerprint density at radius 1 is 1.22 bits per heavy atom. The summed E-state index contributed by atoms with van der Waals surface area (Å²) >= 11 is 0. The van der Waals surface area contributed by atoms with Crippen molar-refractivity contribution in [1.82, 2.24) is 4.57 Å². The second kappa shape index (κ2) is 7.14. The number of pyridine rings is 1. The third-order valence-electron chi connectivity index (χ3n) is 3.26. The summed E-state index contributed by atoms with van der Waals surface area (Å²) in [5.41, 5.74) is 0.987. The molecule has 0 aliphatic heterocycles. The first-order chi connectivity index (χ1) is 8.57. The Bertz CT molecular complexity index is 460. The van der Waals surface area contributed by atoms with Gasteiger partial charge in [-0.05, 0) is 25.0 Å². The lowest BCUT2D eigenvalue weighted by molar-refractivity contribution is 0.0976. The number of hydrogen-bond acceptors (Lipinski definition) is 2. The fourth-order valence-electron chi connectivity index (χ4n) is 2.07. The van der Waals surface area contributed by atoms with Gasteiger partial charge >= 0.3 is 0 Å². The van der Waals surface area contributed by atoms with E-state index in [1.807, 2.05) is 13.0 Å². The van der Waals surface area contributed by atoms with E-state index in [1.54, 1.807) is 13.2 Å². The van der Waals surface area contributed by atoms with E-state index < -0.39 is 0 Å². The van der Waals surface area contributed by atoms with Crippen LogP contribution in [0.25, 0.3) is 0 Å². The van der Waals surface area contributed by atoms with Gasteiger partial charge in [-0.1, -0.05) is 32.6 Å². The molecule has 0 fully saturated rings. The number of hydrogen-bond donors (Lipinski definition) is 0. The van der Waals surface area contributed by atoms with Crippen molar-refractivity contribution in [3.63, 3.8) is 0 Å². The Labute approximate surface area is 109 Å². The zero-order chi connectivity index (χ0) is 13.5. The highest BCUT2D eigenvalue weighted by Crippen LogP contribution is 2.10. The van der Waals surface area contributed by atoms with Crippen molar-refractivity contribution in [2.24, 2.45) is 7.05 Å². The molecule has 3 nitrogen and oxygen atoms in total. The molecule has 0 bridgehead atoms. The molecule has 0 saturated heterocycles. The fraction of sp³-hybridized carbons (Fsp3) is 0.600. The smallest absolute Gasteiger partial charge is 0.261 e. The van der Waals surface area contributed by atoms with Gasteiger partial charge in [0, 0.05) is 19.7 Å². The Hall–Kier alpha value is -1.38. The van der Waals surface area contributed by atoms with E-state index in [1.165, 1.54) is 23.8 Å². The van der Waals surface area contributed by atoms with E-state index in [0.717, 1.165) is 18.4 Å². The highest BCUT2D eigenvalue weighted by Gasteiger charge is 2.13. The van der Waals surface area contributed by atoms with Crippen LogP contribution in [0, 0.1) is 6.92 Å². The third-order valence-corrected chi connectivity index (χ3v) is 3.26. The summed E-state index contributed by atoms with van der Waals surface area (Å²) in [5, 5.41) is 0. The Morgan fingerprint density at radius 3 is 2.56 bits per heavy atom. The second-order valence-electron chi connectivity index (χ2n) is 4.88. The van der Waals surface area contributed by atoms with Gasteiger partial charge in [0.1, 0.15) is 0 Å². The summed E-state index contributed by atoms with van der Waals surface area (Å²) < 4.78 is 1.47. The summed E-state index contributed by atoms with van der Waals surface area (Å²) in [6.45, 7) is 3.99. The van der Waals surface area contributed by atoms with Crippen molar-refractivity contribution in [2.75, 3.05) is 0 Å². The molecule has 3 heteroatoms. The van der Waals surface area contributed by atoms with E-state index in [4.69, 9.17) is 0 Å². The lowest BCUT2D eigenvalue weighted by Crippen LogP contribution is -2.25. The molecule has 0 amide bonds. The Balaban J connectivity index is 2.62. The van der Waals surface area contributed by atoms with Gasteiger partial charge in [0.25, 0.3) is 5.56 Å². The largest absolute Gasteiger partial charge is 0.318 e. The topological polar surface area (TPSA) is 39.1 Å². The van der Waals surface area contributed by atoms with Gasteiger partial charge in [-0.3, -0.25) is 9.59 Å². The number of rotatable bonds is 7. The molecule has 100 valence electrons. The van der Waals surface area contributed by atoms with Crippen LogP contribution in [0.15, 0.2) is 17.1 Å². The third kappa shape index (κ3) is 3.83. The molecule has 0 saturated carbocycles. The van der Waals surface area contributed by atoms with E-state index >= 15 is 0 Å². The van der Waals surface area contributed by atoms with Crippen LogP contribution < -0.4 is 5.56 Å². The standard InChI is InChI=1S/C15H23NO2/c1-4-5-6-7-8-9-13(17)14-12(2)10-11-16(3)15(14)18/h10-11H,4-9H2,1-3H3. The zero-order valence-corrected chi connectivity index (χ0v) is 11.7. The summed E-state index contributed by atoms with van der Waals surface area (Å²) in [6.07, 6.45) is 7.75. The lowest BCUT2D eigenvalue weighted by atomic mass is 10.0. The van der Waals surface area contributed by atoms with Crippen LogP contribution in [0.5, 0.6) is 0 Å². The minimum Gasteiger partial charge on any atom is -0.318 e. The molecule has 0 aliphatic carbocycles. The van der Waals surface area contributed by atoms with E-state index in [-0.39, 0.29) is 11.3 Å². The fourth-order valence-corrected chi connectivity index (χ4v) is 2.07. The molecular formula is C15H23NO2. The van der Waals surface area contributed by atoms with Crippen LogP contribution in [-0.2, 0) is 7.05 Å². The molecule has 0 radical (unpaired) electrons. The minimum absolute atomic E-state index is 0.00908. The van der Waals surface area contributed by atoms with E-state index in [2.05, 4.69) is 6.92 Å². The van der Waals surface area contributed by atoms with Crippen molar-refractivity contribution in [3.8, 4) is 0 Å². The van der Waals surface area contributed by atoms with Crippen molar-refractivity contribution < 1.29 is 4.79 Å². The summed E-state index contributed by atoms with van der Waals surface area (Å²) in [6, 6.07) is 1.83. The lowest BCUT2D eigenvalue weighted by Gasteiger charge is -2.06. The quantitative estimate of drug-likeness (QED) is 0.549. The maximum atomic E-state index is 12.1. The number of carbonyl (C=O) groups excluding carboxylic acids is 1. The number of aromatic nitrogens is 1. The normalized spacial score (nSPS) is 10.6. The molecule has 1 rings (SSSR count). The minimum atomic E-state index is -0.173. The summed E-state index contributed by atoms with van der Waals surface area (Å²) in [4.78, 5) is 24.0. The Kier molecular flexibility index (Phi) is 5.83. The molecule has 1 aromatic heterocycles. The molecule has 0 atom stereocenters. The molecule has 0 spiro atoms. The number of Topliss-reactive ketones (excluding diaryl/α,β-unsaturated/α-hetero) is 1. The Morgan fingerprint density at radius 2 is 1.89 bits per heavy atom. The van der Waals surface area contributed by atoms with Gasteiger partial charge in [0.2, 0.25) is 0 Å². The molecule has 0 aliphatic rings. The second-order valence-corrected chi connectivity index (χ2v) is 4.88. The van der Waals surface area contributed by atoms with Gasteiger partial charge in [0.15, 0.2) is 5.78 Å². The summed E-state index contributed by atoms with van der Waals surface area (Å²) in [7, 11) is 1.68. The first kappa shape index (κ1) is 14.7. The van der Waals surface area contributed by atoms with Crippen LogP contribution >= 0.6 is 0 Å². The highest BCUT2D eigenvalue weighted by molar-refractivity contribution is 5.96. The van der Waals surface area contributed by atoms with Crippen LogP contribution in [0.3, 0.4) is 0 Å². The first-order valence-corrected chi connectivity index (χ1v) is 6.77. The zero-order valence-electron chi connectivity index (χ0n) is 11.7. The van der Waals surface area contributed by atoms with Crippen LogP contribution in [0.1, 0.15) is 61.4 Å². The predicted octanol–water partition coefficient (Wildman–Crippen LogP) is 3.24. The molecule has 0 unspecified atom stereocenters. The van der Waals surface area contributed by atoms with Crippen molar-refractivity contribution in [3.05, 3.63) is 33.7 Å². The average Bonchev–Trinajstić information content (AvgIpc) is 2.34. The highest BCUT2D eigenvalue weighted by atomic mass is 16.1. The number of nitrogens with zero attached hydrogens (tertiary/aromatic N) is 1. The van der Waals surface area contributed by atoms with Gasteiger partial charge in [-0.2, -0.15) is 0 Å².